The number of carbonyl (C=O) groups is 1. The number of amides is 1. The van der Waals surface area contributed by atoms with Crippen molar-refractivity contribution in [1.82, 2.24) is 30.6 Å². The zero-order valence-electron chi connectivity index (χ0n) is 16.0. The van der Waals surface area contributed by atoms with Crippen molar-refractivity contribution in [2.75, 3.05) is 19.6 Å². The van der Waals surface area contributed by atoms with Crippen LogP contribution in [0.25, 0.3) is 0 Å². The molecular weight excluding hydrogens is 387 g/mol. The number of aryl methyl sites for hydroxylation is 2. The van der Waals surface area contributed by atoms with Crippen molar-refractivity contribution in [3.63, 3.8) is 0 Å². The van der Waals surface area contributed by atoms with Gasteiger partial charge in [-0.15, -0.1) is 24.8 Å². The van der Waals surface area contributed by atoms with Crippen molar-refractivity contribution < 1.29 is 4.79 Å². The molecule has 0 saturated carbocycles. The molecular formula is C18H30Cl2N6O. The number of aromatic amines is 1. The Bertz CT molecular complexity index is 689. The standard InChI is InChI=1S/C18H28N6O.2ClH/c1-13-16(14(2)22-21-13)6-4-9-20-18(25)12-24-10-7-17(23-24)15-5-3-8-19-11-15;;/h7,10,15,19H,3-6,8-9,11-12H2,1-2H3,(H,20,25)(H,21,22);2*1H. The number of hydrogen-bond acceptors (Lipinski definition) is 4. The lowest BCUT2D eigenvalue weighted by Crippen LogP contribution is -2.30. The molecule has 2 aromatic heterocycles. The first kappa shape index (κ1) is 23.5. The maximum absolute atomic E-state index is 12.1. The van der Waals surface area contributed by atoms with Crippen LogP contribution in [0, 0.1) is 13.8 Å². The minimum Gasteiger partial charge on any atom is -0.354 e. The topological polar surface area (TPSA) is 87.6 Å². The van der Waals surface area contributed by atoms with Crippen molar-refractivity contribution in [2.45, 2.75) is 52.0 Å². The van der Waals surface area contributed by atoms with Gasteiger partial charge in [-0.25, -0.2) is 0 Å². The molecule has 1 aliphatic rings. The fourth-order valence-corrected chi connectivity index (χ4v) is 3.43. The van der Waals surface area contributed by atoms with Gasteiger partial charge in [-0.1, -0.05) is 0 Å². The van der Waals surface area contributed by atoms with Gasteiger partial charge < -0.3 is 10.6 Å². The normalized spacial score (nSPS) is 16.3. The van der Waals surface area contributed by atoms with Gasteiger partial charge in [0.05, 0.1) is 11.4 Å². The summed E-state index contributed by atoms with van der Waals surface area (Å²) in [5.74, 6) is 0.483. The van der Waals surface area contributed by atoms with Gasteiger partial charge in [-0.05, 0) is 57.7 Å². The summed E-state index contributed by atoms with van der Waals surface area (Å²) in [7, 11) is 0. The number of rotatable bonds is 7. The van der Waals surface area contributed by atoms with Crippen LogP contribution >= 0.6 is 24.8 Å². The van der Waals surface area contributed by atoms with Crippen LogP contribution in [-0.4, -0.2) is 45.5 Å². The lowest BCUT2D eigenvalue weighted by Gasteiger charge is -2.20. The molecule has 3 N–H and O–H groups in total. The van der Waals surface area contributed by atoms with Crippen LogP contribution in [0.2, 0.25) is 0 Å². The number of H-pyrrole nitrogens is 1. The maximum atomic E-state index is 12.1. The van der Waals surface area contributed by atoms with E-state index in [2.05, 4.69) is 25.9 Å². The minimum absolute atomic E-state index is 0. The Kier molecular flexibility index (Phi) is 9.83. The molecule has 2 aromatic rings. The monoisotopic (exact) mass is 416 g/mol. The fraction of sp³-hybridized carbons (Fsp3) is 0.611. The molecule has 0 aliphatic carbocycles. The van der Waals surface area contributed by atoms with Crippen LogP contribution in [0.15, 0.2) is 12.3 Å². The van der Waals surface area contributed by atoms with Gasteiger partial charge in [0, 0.05) is 30.9 Å². The number of piperidine rings is 1. The molecule has 1 fully saturated rings. The summed E-state index contributed by atoms with van der Waals surface area (Å²) < 4.78 is 1.74. The average Bonchev–Trinajstić information content (AvgIpc) is 3.20. The molecule has 1 unspecified atom stereocenters. The molecule has 27 heavy (non-hydrogen) atoms. The molecule has 3 heterocycles. The van der Waals surface area contributed by atoms with Crippen molar-refractivity contribution in [2.24, 2.45) is 0 Å². The van der Waals surface area contributed by atoms with Crippen LogP contribution in [-0.2, 0) is 17.8 Å². The summed E-state index contributed by atoms with van der Waals surface area (Å²) in [6.45, 7) is 7.07. The summed E-state index contributed by atoms with van der Waals surface area (Å²) in [4.78, 5) is 12.1. The second-order valence-electron chi connectivity index (χ2n) is 6.85. The summed E-state index contributed by atoms with van der Waals surface area (Å²) in [6.07, 6.45) is 6.10. The van der Waals surface area contributed by atoms with Gasteiger partial charge in [0.2, 0.25) is 5.91 Å². The molecule has 3 rings (SSSR count). The molecule has 1 saturated heterocycles. The summed E-state index contributed by atoms with van der Waals surface area (Å²) in [5, 5.41) is 18.1. The average molecular weight is 417 g/mol. The van der Waals surface area contributed by atoms with Crippen molar-refractivity contribution in [3.8, 4) is 0 Å². The number of nitrogens with one attached hydrogen (secondary N) is 3. The van der Waals surface area contributed by atoms with E-state index >= 15 is 0 Å². The van der Waals surface area contributed by atoms with Gasteiger partial charge in [-0.2, -0.15) is 10.2 Å². The van der Waals surface area contributed by atoms with Gasteiger partial charge in [0.1, 0.15) is 6.54 Å². The Morgan fingerprint density at radius 1 is 1.37 bits per heavy atom. The Hall–Kier alpha value is -1.57. The van der Waals surface area contributed by atoms with Crippen LogP contribution < -0.4 is 10.6 Å². The number of halogens is 2. The van der Waals surface area contributed by atoms with Crippen LogP contribution in [0.4, 0.5) is 0 Å². The van der Waals surface area contributed by atoms with E-state index in [1.165, 1.54) is 18.4 Å². The summed E-state index contributed by atoms with van der Waals surface area (Å²) >= 11 is 0. The van der Waals surface area contributed by atoms with E-state index < -0.39 is 0 Å². The summed E-state index contributed by atoms with van der Waals surface area (Å²) in [5.41, 5.74) is 4.51. The Balaban J connectivity index is 0.00000182. The largest absolute Gasteiger partial charge is 0.354 e. The van der Waals surface area contributed by atoms with Crippen LogP contribution in [0.3, 0.4) is 0 Å². The first-order chi connectivity index (χ1) is 12.1. The first-order valence-corrected chi connectivity index (χ1v) is 9.14. The van der Waals surface area contributed by atoms with E-state index in [1.807, 2.05) is 26.1 Å². The number of hydrogen-bond donors (Lipinski definition) is 3. The van der Waals surface area contributed by atoms with Gasteiger partial charge in [-0.3, -0.25) is 14.6 Å². The molecule has 0 bridgehead atoms. The predicted molar refractivity (Wildman–Crippen MR) is 111 cm³/mol. The fourth-order valence-electron chi connectivity index (χ4n) is 3.43. The number of nitrogens with zero attached hydrogens (tertiary/aromatic N) is 3. The Labute approximate surface area is 172 Å². The molecule has 0 radical (unpaired) electrons. The van der Waals surface area contributed by atoms with Crippen LogP contribution in [0.5, 0.6) is 0 Å². The highest BCUT2D eigenvalue weighted by molar-refractivity contribution is 5.85. The number of aromatic nitrogens is 4. The zero-order valence-corrected chi connectivity index (χ0v) is 17.6. The van der Waals surface area contributed by atoms with Crippen molar-refractivity contribution in [3.05, 3.63) is 34.9 Å². The van der Waals surface area contributed by atoms with E-state index in [-0.39, 0.29) is 37.3 Å². The van der Waals surface area contributed by atoms with Gasteiger partial charge in [0.25, 0.3) is 0 Å². The van der Waals surface area contributed by atoms with E-state index in [4.69, 9.17) is 0 Å². The number of carbonyl (C=O) groups excluding carboxylic acids is 1. The first-order valence-electron chi connectivity index (χ1n) is 9.14. The van der Waals surface area contributed by atoms with E-state index in [0.29, 0.717) is 12.5 Å². The Morgan fingerprint density at radius 2 is 2.19 bits per heavy atom. The Morgan fingerprint density at radius 3 is 2.85 bits per heavy atom. The molecule has 1 aliphatic heterocycles. The lowest BCUT2D eigenvalue weighted by molar-refractivity contribution is -0.121. The third kappa shape index (κ3) is 6.52. The van der Waals surface area contributed by atoms with E-state index in [0.717, 1.165) is 43.0 Å². The minimum atomic E-state index is 0. The SMILES string of the molecule is Cc1n[nH]c(C)c1CCCNC(=O)Cn1ccc(C2CCCNC2)n1.Cl.Cl. The molecule has 0 aromatic carbocycles. The molecule has 1 amide bonds. The maximum Gasteiger partial charge on any atom is 0.241 e. The molecule has 152 valence electrons. The van der Waals surface area contributed by atoms with Gasteiger partial charge >= 0.3 is 0 Å². The molecule has 1 atom stereocenters. The van der Waals surface area contributed by atoms with Crippen molar-refractivity contribution in [1.29, 1.82) is 0 Å². The highest BCUT2D eigenvalue weighted by atomic mass is 35.5. The van der Waals surface area contributed by atoms with Crippen molar-refractivity contribution >= 4 is 30.7 Å². The quantitative estimate of drug-likeness (QED) is 0.604. The second-order valence-corrected chi connectivity index (χ2v) is 6.85. The lowest BCUT2D eigenvalue weighted by atomic mass is 9.97. The second kappa shape index (κ2) is 11.3. The molecule has 0 spiro atoms. The van der Waals surface area contributed by atoms with Crippen LogP contribution in [0.1, 0.15) is 47.8 Å². The molecule has 9 heteroatoms. The smallest absolute Gasteiger partial charge is 0.241 e. The van der Waals surface area contributed by atoms with E-state index in [9.17, 15) is 4.79 Å². The van der Waals surface area contributed by atoms with E-state index in [1.54, 1.807) is 4.68 Å². The highest BCUT2D eigenvalue weighted by Gasteiger charge is 2.17. The molecule has 7 nitrogen and oxygen atoms in total. The highest BCUT2D eigenvalue weighted by Crippen LogP contribution is 2.21. The summed E-state index contributed by atoms with van der Waals surface area (Å²) in [6, 6.07) is 2.04. The third-order valence-electron chi connectivity index (χ3n) is 4.89. The zero-order chi connectivity index (χ0) is 17.6. The predicted octanol–water partition coefficient (Wildman–Crippen LogP) is 2.28. The van der Waals surface area contributed by atoms with Gasteiger partial charge in [0.15, 0.2) is 0 Å². The third-order valence-corrected chi connectivity index (χ3v) is 4.89.